The molecule has 0 amide bonds. The van der Waals surface area contributed by atoms with Crippen LogP contribution >= 0.6 is 0 Å². The maximum Gasteiger partial charge on any atom is 0.397 e. The van der Waals surface area contributed by atoms with Gasteiger partial charge >= 0.3 is 53.5 Å². The molecule has 6 rings (SSSR count). The fourth-order valence-corrected chi connectivity index (χ4v) is 11.9. The summed E-state index contributed by atoms with van der Waals surface area (Å²) in [6, 6.07) is 0. The number of ether oxygens (including phenoxy) is 11. The van der Waals surface area contributed by atoms with Crippen LogP contribution in [-0.4, -0.2) is 313 Å². The number of carboxylic acids is 2. The van der Waals surface area contributed by atoms with Gasteiger partial charge in [-0.15, -0.1) is 0 Å². The third-order valence-corrected chi connectivity index (χ3v) is 16.3. The molecule has 0 spiro atoms. The van der Waals surface area contributed by atoms with E-state index in [4.69, 9.17) is 52.1 Å². The van der Waals surface area contributed by atoms with Gasteiger partial charge in [0.25, 0.3) is 0 Å². The molecule has 0 radical (unpaired) electrons. The fraction of sp³-hybridized carbons (Fsp3) is 0.905. The zero-order valence-electron chi connectivity index (χ0n) is 44.3. The van der Waals surface area contributed by atoms with Crippen molar-refractivity contribution in [2.75, 3.05) is 52.9 Å². The van der Waals surface area contributed by atoms with Crippen molar-refractivity contribution in [3.05, 3.63) is 11.8 Å². The molecule has 0 aliphatic carbocycles. The van der Waals surface area contributed by atoms with E-state index < -0.39 is 277 Å². The summed E-state index contributed by atoms with van der Waals surface area (Å²) in [6.45, 7) is -5.02. The molecule has 27 atom stereocenters. The number of rotatable bonds is 27. The van der Waals surface area contributed by atoms with Crippen molar-refractivity contribution in [3.63, 3.8) is 0 Å². The molecule has 18 unspecified atom stereocenters. The van der Waals surface area contributed by atoms with Crippen LogP contribution in [0.1, 0.15) is 21.3 Å². The molecule has 6 heterocycles. The third-order valence-electron chi connectivity index (χ3n) is 14.5. The van der Waals surface area contributed by atoms with Crippen molar-refractivity contribution in [1.82, 2.24) is 0 Å². The number of carbonyl (C=O) groups is 2. The fourth-order valence-electron chi connectivity index (χ4n) is 10.0. The zero-order valence-corrected chi connectivity index (χ0v) is 47.6. The summed E-state index contributed by atoms with van der Waals surface area (Å²) in [5.74, 6) is -12.4. The molecule has 0 aromatic carbocycles. The number of aliphatic hydroxyl groups excluding tert-OH is 10. The molecule has 0 bridgehead atoms. The van der Waals surface area contributed by atoms with Crippen LogP contribution in [0.3, 0.4) is 0 Å². The highest BCUT2D eigenvalue weighted by molar-refractivity contribution is 7.81. The first-order valence-electron chi connectivity index (χ1n) is 25.3. The molecule has 6 aliphatic rings. The lowest BCUT2D eigenvalue weighted by Crippen LogP contribution is -2.61. The van der Waals surface area contributed by atoms with E-state index in [9.17, 15) is 123 Å². The quantitative estimate of drug-likeness (QED) is 0.0340. The van der Waals surface area contributed by atoms with Gasteiger partial charge in [-0.2, -0.15) is 33.7 Å². The first-order valence-corrected chi connectivity index (χ1v) is 30.7. The molecule has 0 aromatic rings. The minimum atomic E-state index is -5.60. The lowest BCUT2D eigenvalue weighted by molar-refractivity contribution is -0.327. The van der Waals surface area contributed by atoms with Crippen LogP contribution in [0.4, 0.5) is 0 Å². The van der Waals surface area contributed by atoms with E-state index in [0.717, 1.165) is 6.92 Å². The Morgan fingerprint density at radius 1 is 0.494 bits per heavy atom. The number of hydrogen-bond donors (Lipinski definition) is 16. The second-order valence-electron chi connectivity index (χ2n) is 20.3. The van der Waals surface area contributed by atoms with E-state index in [2.05, 4.69) is 16.7 Å². The highest BCUT2D eigenvalue weighted by Gasteiger charge is 2.55. The van der Waals surface area contributed by atoms with Gasteiger partial charge in [-0.05, 0) is 19.9 Å². The summed E-state index contributed by atoms with van der Waals surface area (Å²) in [4.78, 5) is 24.4. The molecule has 87 heavy (non-hydrogen) atoms. The van der Waals surface area contributed by atoms with Gasteiger partial charge in [0.2, 0.25) is 12.0 Å². The van der Waals surface area contributed by atoms with Crippen LogP contribution < -0.4 is 0 Å². The molecule has 41 nitrogen and oxygen atoms in total. The van der Waals surface area contributed by atoms with E-state index in [0.29, 0.717) is 6.08 Å². The minimum Gasteiger partial charge on any atom is -0.479 e. The van der Waals surface area contributed by atoms with E-state index in [1.165, 1.54) is 6.92 Å². The first kappa shape index (κ1) is 74.9. The monoisotopic (exact) mass is 1360 g/mol. The average Bonchev–Trinajstić information content (AvgIpc) is 2.11. The summed E-state index contributed by atoms with van der Waals surface area (Å²) in [7, 11) is -21.5. The van der Waals surface area contributed by atoms with Gasteiger partial charge in [-0.3, -0.25) is 18.2 Å². The Hall–Kier alpha value is -2.84. The number of carboxylic acid groups (broad SMARTS) is 2. The summed E-state index contributed by atoms with van der Waals surface area (Å²) in [6.07, 6.45) is -43.8. The average molecular weight is 1360 g/mol. The topological polar surface area (TPSA) is 633 Å². The predicted octanol–water partition coefficient (Wildman–Crippen LogP) is -8.84. The van der Waals surface area contributed by atoms with Crippen molar-refractivity contribution < 1.29 is 192 Å². The normalized spacial score (nSPS) is 41.6. The smallest absolute Gasteiger partial charge is 0.397 e. The standard InChI is InChI=1S/C41H66O41S4.CH4/c1-12-23(44)32(81-85(62,63)64)30(51)40(75-12)71-7-15-14(5-68-22(24(15)45)11-74-83(56,57)58)6-69-38-27(48)18(26(47)33(79-38)36(54)55)10-70-37-17(9-72-39-28(49)19(43)3-20(77-39)35(52)53)16(25(46)21(4-42)78-37)8-73-41-34(82-86(65,66)67)29(50)31(13(2)76-41)80-84(59,60)61;/h3,12-19,21-34,37-51H,4-11H2,1-2H3,(H,52,53)(H,54,55)(H,56,57,58)(H,59,60,61)(H,62,63,64)(H,65,66,67);1H4/t12?,13?,14?,15?,16?,17?,18?,19?,21?,22?,23-,24+,25+,26+,27?,28?,29?,30?,31-,32?,33?,34?,37?,38-,39-,40-,41-;/m1./s1. The van der Waals surface area contributed by atoms with E-state index >= 15 is 0 Å². The Morgan fingerprint density at radius 2 is 1.00 bits per heavy atom. The maximum atomic E-state index is 12.6. The summed E-state index contributed by atoms with van der Waals surface area (Å²) < 4.78 is 210. The van der Waals surface area contributed by atoms with Crippen LogP contribution in [0.5, 0.6) is 0 Å². The zero-order chi connectivity index (χ0) is 64.3. The van der Waals surface area contributed by atoms with Crippen molar-refractivity contribution >= 4 is 53.5 Å². The van der Waals surface area contributed by atoms with Crippen molar-refractivity contribution in [2.24, 2.45) is 29.6 Å². The van der Waals surface area contributed by atoms with Gasteiger partial charge in [0.1, 0.15) is 61.0 Å². The molecular formula is C42H70O41S4. The van der Waals surface area contributed by atoms with Crippen LogP contribution in [0.15, 0.2) is 11.8 Å². The highest BCUT2D eigenvalue weighted by atomic mass is 32.3. The molecule has 0 aromatic heterocycles. The van der Waals surface area contributed by atoms with Gasteiger partial charge in [-0.25, -0.2) is 26.3 Å². The predicted molar refractivity (Wildman–Crippen MR) is 266 cm³/mol. The Balaban J connectivity index is 0.0000138. The largest absolute Gasteiger partial charge is 0.479 e. The van der Waals surface area contributed by atoms with E-state index in [1.807, 2.05) is 0 Å². The molecule has 16 N–H and O–H groups in total. The summed E-state index contributed by atoms with van der Waals surface area (Å²) >= 11 is 0. The minimum absolute atomic E-state index is 0. The highest BCUT2D eigenvalue weighted by Crippen LogP contribution is 2.39. The molecule has 5 saturated heterocycles. The molecular weight excluding hydrogens is 1290 g/mol. The van der Waals surface area contributed by atoms with Crippen molar-refractivity contribution in [1.29, 1.82) is 0 Å². The van der Waals surface area contributed by atoms with Crippen molar-refractivity contribution in [3.8, 4) is 0 Å². The molecule has 508 valence electrons. The van der Waals surface area contributed by atoms with Gasteiger partial charge in [0.05, 0.1) is 83.4 Å². The lowest BCUT2D eigenvalue weighted by atomic mass is 9.82. The van der Waals surface area contributed by atoms with Crippen LogP contribution in [0.25, 0.3) is 0 Å². The molecule has 45 heteroatoms. The van der Waals surface area contributed by atoms with Crippen molar-refractivity contribution in [2.45, 2.75) is 156 Å². The summed E-state index contributed by atoms with van der Waals surface area (Å²) in [5.41, 5.74) is 0. The maximum absolute atomic E-state index is 12.6. The van der Waals surface area contributed by atoms with Gasteiger partial charge in [-0.1, -0.05) is 7.43 Å². The number of aliphatic hydroxyl groups is 10. The lowest BCUT2D eigenvalue weighted by Gasteiger charge is -2.47. The Bertz CT molecular complexity index is 2760. The van der Waals surface area contributed by atoms with Gasteiger partial charge < -0.3 is 113 Å². The Kier molecular flexibility index (Phi) is 26.4. The second-order valence-corrected chi connectivity index (χ2v) is 24.5. The van der Waals surface area contributed by atoms with E-state index in [-0.39, 0.29) is 7.43 Å². The first-order chi connectivity index (χ1) is 39.8. The van der Waals surface area contributed by atoms with Crippen LogP contribution in [0.2, 0.25) is 0 Å². The molecule has 0 saturated carbocycles. The number of aliphatic carboxylic acids is 2. The number of hydrogen-bond acceptors (Lipinski definition) is 35. The Labute approximate surface area is 494 Å². The molecule has 5 fully saturated rings. The SMILES string of the molecule is C.CC1O[C@@H](OCC2C(CO[C@@H]3OC(C(=O)O)[C@@H](O)C(COC4OC(CO)[C@@H](O)C(CO[C@@H]5OC(C)[C@@H](OS(=O)(=O)O)C(O)C5OS(=O)(=O)O)C4CO[C@@H]4OC(C(=O)O)=CC(O)C4O)C3O)COC(COS(=O)(=O)O)[C@H]2O)C(O)C(OS(=O)(=O)O)[C@@H]1O. The third kappa shape index (κ3) is 19.8. The Morgan fingerprint density at radius 3 is 1.59 bits per heavy atom. The van der Waals surface area contributed by atoms with Gasteiger partial charge in [0.15, 0.2) is 37.4 Å². The van der Waals surface area contributed by atoms with Crippen LogP contribution in [-0.2, 0) is 120 Å². The van der Waals surface area contributed by atoms with E-state index in [1.54, 1.807) is 0 Å². The van der Waals surface area contributed by atoms with Crippen LogP contribution in [0, 0.1) is 29.6 Å². The second kappa shape index (κ2) is 30.7. The van der Waals surface area contributed by atoms with Gasteiger partial charge in [0, 0.05) is 29.6 Å². The summed E-state index contributed by atoms with van der Waals surface area (Å²) in [5, 5.41) is 130. The molecule has 6 aliphatic heterocycles.